The third-order valence-electron chi connectivity index (χ3n) is 2.85. The molecule has 0 bridgehead atoms. The molecule has 0 N–H and O–H groups in total. The number of fused-ring (bicyclic) bond motifs is 1. The van der Waals surface area contributed by atoms with Gasteiger partial charge in [0, 0.05) is 4.70 Å². The number of hydrogen-bond donors (Lipinski definition) is 0. The van der Waals surface area contributed by atoms with E-state index in [-0.39, 0.29) is 29.0 Å². The second-order valence-corrected chi connectivity index (χ2v) is 5.13. The van der Waals surface area contributed by atoms with Gasteiger partial charge in [-0.25, -0.2) is 4.57 Å². The number of hydrogen-bond acceptors (Lipinski definition) is 4. The van der Waals surface area contributed by atoms with E-state index in [9.17, 15) is 9.59 Å². The van der Waals surface area contributed by atoms with Gasteiger partial charge in [0.15, 0.2) is 0 Å². The Morgan fingerprint density at radius 1 is 1.22 bits per heavy atom. The zero-order valence-corrected chi connectivity index (χ0v) is 12.0. The number of aromatic nitrogens is 1. The van der Waals surface area contributed by atoms with Crippen molar-refractivity contribution in [2.45, 2.75) is 13.1 Å². The molecular weight excluding hydrogens is 272 g/mol. The molecule has 18 heavy (non-hydrogen) atoms. The quantitative estimate of drug-likeness (QED) is 0.847. The van der Waals surface area contributed by atoms with Crippen LogP contribution in [-0.2, 0) is 0 Å². The molecule has 0 amide bonds. The van der Waals surface area contributed by atoms with Crippen molar-refractivity contribution in [1.29, 1.82) is 0 Å². The van der Waals surface area contributed by atoms with Crippen molar-refractivity contribution in [2.75, 3.05) is 14.1 Å². The predicted molar refractivity (Wildman–Crippen MR) is 78.0 cm³/mol. The molecule has 2 aromatic rings. The second-order valence-electron chi connectivity index (χ2n) is 4.13. The molecule has 1 atom stereocenters. The van der Waals surface area contributed by atoms with Crippen LogP contribution in [0.5, 0.6) is 0 Å². The summed E-state index contributed by atoms with van der Waals surface area (Å²) in [6.07, 6.45) is -0.240. The van der Waals surface area contributed by atoms with Crippen LogP contribution in [0, 0.1) is 0 Å². The standard InChI is InChI=1S/C12H14N2O2S.ClH/c1-8(13(2)3)14-11(15)9-6-4-5-7-10(9)17-12(14)16;/h4-8H,1-3H3;1H. The molecule has 0 saturated carbocycles. The van der Waals surface area contributed by atoms with E-state index in [2.05, 4.69) is 0 Å². The maximum atomic E-state index is 12.2. The molecule has 0 aliphatic carbocycles. The monoisotopic (exact) mass is 286 g/mol. The normalized spacial score (nSPS) is 12.4. The Bertz CT molecular complexity index is 663. The highest BCUT2D eigenvalue weighted by atomic mass is 35.5. The number of rotatable bonds is 2. The van der Waals surface area contributed by atoms with Gasteiger partial charge in [0.05, 0.1) is 11.6 Å². The van der Waals surface area contributed by atoms with E-state index in [1.807, 2.05) is 38.1 Å². The summed E-state index contributed by atoms with van der Waals surface area (Å²) < 4.78 is 2.04. The number of nitrogens with zero attached hydrogens (tertiary/aromatic N) is 2. The van der Waals surface area contributed by atoms with E-state index in [0.717, 1.165) is 16.0 Å². The summed E-state index contributed by atoms with van der Waals surface area (Å²) in [5.41, 5.74) is -0.217. The van der Waals surface area contributed by atoms with Crippen LogP contribution < -0.4 is 10.4 Å². The summed E-state index contributed by atoms with van der Waals surface area (Å²) in [5, 5.41) is 0.603. The van der Waals surface area contributed by atoms with Crippen molar-refractivity contribution in [3.8, 4) is 0 Å². The average molecular weight is 287 g/mol. The summed E-state index contributed by atoms with van der Waals surface area (Å²) in [5.74, 6) is 0. The highest BCUT2D eigenvalue weighted by Crippen LogP contribution is 2.13. The Morgan fingerprint density at radius 2 is 1.83 bits per heavy atom. The Morgan fingerprint density at radius 3 is 2.44 bits per heavy atom. The molecule has 98 valence electrons. The Kier molecular flexibility index (Phi) is 4.67. The second kappa shape index (κ2) is 5.65. The van der Waals surface area contributed by atoms with Crippen LogP contribution in [0.1, 0.15) is 13.1 Å². The van der Waals surface area contributed by atoms with E-state index >= 15 is 0 Å². The molecule has 1 aromatic heterocycles. The minimum Gasteiger partial charge on any atom is -0.289 e. The van der Waals surface area contributed by atoms with Crippen LogP contribution in [-0.4, -0.2) is 23.6 Å². The smallest absolute Gasteiger partial charge is 0.289 e. The Labute approximate surface area is 115 Å². The first-order valence-electron chi connectivity index (χ1n) is 5.33. The number of halogens is 1. The molecule has 0 radical (unpaired) electrons. The Hall–Kier alpha value is -1.17. The molecule has 1 heterocycles. The molecular formula is C12H15ClN2O2S. The van der Waals surface area contributed by atoms with E-state index in [1.165, 1.54) is 4.57 Å². The summed E-state index contributed by atoms with van der Waals surface area (Å²) >= 11 is 1.11. The van der Waals surface area contributed by atoms with Crippen molar-refractivity contribution in [2.24, 2.45) is 0 Å². The van der Waals surface area contributed by atoms with Crippen molar-refractivity contribution in [1.82, 2.24) is 9.47 Å². The van der Waals surface area contributed by atoms with Crippen molar-refractivity contribution < 1.29 is 0 Å². The molecule has 1 aromatic carbocycles. The van der Waals surface area contributed by atoms with Gasteiger partial charge in [-0.1, -0.05) is 23.5 Å². The third-order valence-corrected chi connectivity index (χ3v) is 3.80. The van der Waals surface area contributed by atoms with Crippen LogP contribution in [0.15, 0.2) is 33.9 Å². The van der Waals surface area contributed by atoms with Gasteiger partial charge >= 0.3 is 4.87 Å². The predicted octanol–water partition coefficient (Wildman–Crippen LogP) is 1.93. The van der Waals surface area contributed by atoms with Gasteiger partial charge in [0.1, 0.15) is 0 Å². The van der Waals surface area contributed by atoms with Crippen LogP contribution in [0.2, 0.25) is 0 Å². The van der Waals surface area contributed by atoms with Crippen LogP contribution >= 0.6 is 23.7 Å². The highest BCUT2D eigenvalue weighted by Gasteiger charge is 2.14. The SMILES string of the molecule is CC(N(C)C)n1c(=O)sc2ccccc2c1=O.Cl. The van der Waals surface area contributed by atoms with Crippen LogP contribution in [0.3, 0.4) is 0 Å². The van der Waals surface area contributed by atoms with Crippen molar-refractivity contribution in [3.63, 3.8) is 0 Å². The molecule has 4 nitrogen and oxygen atoms in total. The summed E-state index contributed by atoms with van der Waals surface area (Å²) in [6.45, 7) is 1.84. The number of benzene rings is 1. The molecule has 0 aliphatic rings. The van der Waals surface area contributed by atoms with Crippen LogP contribution in [0.4, 0.5) is 0 Å². The third kappa shape index (κ3) is 2.48. The summed E-state index contributed by atoms with van der Waals surface area (Å²) in [7, 11) is 3.69. The summed E-state index contributed by atoms with van der Waals surface area (Å²) in [6, 6.07) is 7.20. The Balaban J connectivity index is 0.00000162. The van der Waals surface area contributed by atoms with Gasteiger partial charge in [0.2, 0.25) is 0 Å². The van der Waals surface area contributed by atoms with Crippen molar-refractivity contribution >= 4 is 33.8 Å². The molecule has 0 aliphatic heterocycles. The molecule has 0 saturated heterocycles. The van der Waals surface area contributed by atoms with Gasteiger partial charge in [-0.15, -0.1) is 12.4 Å². The fourth-order valence-corrected chi connectivity index (χ4v) is 2.58. The fourth-order valence-electron chi connectivity index (χ4n) is 1.64. The zero-order valence-electron chi connectivity index (χ0n) is 10.4. The topological polar surface area (TPSA) is 42.3 Å². The van der Waals surface area contributed by atoms with E-state index in [0.29, 0.717) is 5.39 Å². The van der Waals surface area contributed by atoms with Crippen molar-refractivity contribution in [3.05, 3.63) is 44.3 Å². The minimum absolute atomic E-state index is 0. The lowest BCUT2D eigenvalue weighted by Crippen LogP contribution is -2.39. The van der Waals surface area contributed by atoms with E-state index in [4.69, 9.17) is 0 Å². The lowest BCUT2D eigenvalue weighted by molar-refractivity contribution is 0.231. The zero-order chi connectivity index (χ0) is 12.6. The maximum Gasteiger partial charge on any atom is 0.311 e. The maximum absolute atomic E-state index is 12.2. The molecule has 6 heteroatoms. The first-order chi connectivity index (χ1) is 8.02. The molecule has 0 spiro atoms. The summed E-state index contributed by atoms with van der Waals surface area (Å²) in [4.78, 5) is 25.8. The van der Waals surface area contributed by atoms with Gasteiger partial charge < -0.3 is 0 Å². The highest BCUT2D eigenvalue weighted by molar-refractivity contribution is 7.16. The van der Waals surface area contributed by atoms with Gasteiger partial charge in [-0.3, -0.25) is 14.5 Å². The van der Waals surface area contributed by atoms with Gasteiger partial charge in [-0.2, -0.15) is 0 Å². The fraction of sp³-hybridized carbons (Fsp3) is 0.333. The first-order valence-corrected chi connectivity index (χ1v) is 6.15. The van der Waals surface area contributed by atoms with Gasteiger partial charge in [-0.05, 0) is 33.2 Å². The van der Waals surface area contributed by atoms with Crippen LogP contribution in [0.25, 0.3) is 10.1 Å². The average Bonchev–Trinajstić information content (AvgIpc) is 2.28. The van der Waals surface area contributed by atoms with E-state index in [1.54, 1.807) is 12.1 Å². The molecule has 1 unspecified atom stereocenters. The molecule has 0 fully saturated rings. The minimum atomic E-state index is -0.240. The lowest BCUT2D eigenvalue weighted by atomic mass is 10.3. The largest absolute Gasteiger partial charge is 0.311 e. The first kappa shape index (κ1) is 14.9. The lowest BCUT2D eigenvalue weighted by Gasteiger charge is -2.21. The molecule has 2 rings (SSSR count). The van der Waals surface area contributed by atoms with Gasteiger partial charge in [0.25, 0.3) is 5.56 Å². The van der Waals surface area contributed by atoms with E-state index < -0.39 is 0 Å².